The third kappa shape index (κ3) is 5.03. The van der Waals surface area contributed by atoms with Crippen LogP contribution < -0.4 is 0 Å². The maximum absolute atomic E-state index is 5.15. The summed E-state index contributed by atoms with van der Waals surface area (Å²) in [5.74, 6) is 1.91. The van der Waals surface area contributed by atoms with Crippen LogP contribution in [-0.4, -0.2) is 19.5 Å². The van der Waals surface area contributed by atoms with Crippen molar-refractivity contribution < 1.29 is 0 Å². The van der Waals surface area contributed by atoms with Gasteiger partial charge in [0.15, 0.2) is 17.5 Å². The highest BCUT2D eigenvalue weighted by Crippen LogP contribution is 2.51. The van der Waals surface area contributed by atoms with E-state index in [4.69, 9.17) is 15.0 Å². The molecule has 0 aliphatic heterocycles. The molecule has 8 aromatic carbocycles. The summed E-state index contributed by atoms with van der Waals surface area (Å²) < 4.78 is 2.47. The molecule has 0 unspecified atom stereocenters. The first-order valence-corrected chi connectivity index (χ1v) is 19.2. The van der Waals surface area contributed by atoms with Crippen LogP contribution in [0.2, 0.25) is 0 Å². The zero-order valence-electron chi connectivity index (χ0n) is 31.1. The molecule has 0 radical (unpaired) electrons. The fourth-order valence-corrected chi connectivity index (χ4v) is 8.82. The first-order chi connectivity index (χ1) is 27.5. The molecule has 0 bridgehead atoms. The Morgan fingerprint density at radius 3 is 1.73 bits per heavy atom. The van der Waals surface area contributed by atoms with Crippen LogP contribution in [0.15, 0.2) is 182 Å². The number of fused-ring (bicyclic) bond motifs is 7. The monoisotopic (exact) mass is 716 g/mol. The molecule has 0 amide bonds. The molecule has 2 heterocycles. The molecule has 2 aromatic heterocycles. The summed E-state index contributed by atoms with van der Waals surface area (Å²) in [6.45, 7) is 4.71. The molecule has 11 rings (SSSR count). The van der Waals surface area contributed by atoms with Gasteiger partial charge in [-0.15, -0.1) is 0 Å². The van der Waals surface area contributed by atoms with E-state index in [1.807, 2.05) is 36.4 Å². The van der Waals surface area contributed by atoms with Crippen LogP contribution in [0.4, 0.5) is 0 Å². The van der Waals surface area contributed by atoms with Gasteiger partial charge in [0.25, 0.3) is 0 Å². The standard InChI is InChI=1S/C52H36N4/c1-52(2)44-23-13-11-21-40(44)42-31-43-41-22-12-14-24-46(41)56(48(43)32-45(42)52)47-30-38(27-28-39(47)37-26-25-33-15-9-10-20-36(33)29-37)51-54-49(34-16-5-3-6-17-34)53-50(55-51)35-18-7-4-8-19-35/h3-32H,1-2H3. The molecule has 0 saturated carbocycles. The minimum Gasteiger partial charge on any atom is -0.309 e. The van der Waals surface area contributed by atoms with Crippen molar-refractivity contribution in [3.05, 3.63) is 193 Å². The van der Waals surface area contributed by atoms with Crippen molar-refractivity contribution in [1.82, 2.24) is 19.5 Å². The smallest absolute Gasteiger partial charge is 0.164 e. The molecule has 264 valence electrons. The molecule has 10 aromatic rings. The summed E-state index contributed by atoms with van der Waals surface area (Å²) in [5, 5.41) is 4.88. The number of hydrogen-bond donors (Lipinski definition) is 0. The van der Waals surface area contributed by atoms with Crippen molar-refractivity contribution >= 4 is 32.6 Å². The Morgan fingerprint density at radius 1 is 0.375 bits per heavy atom. The first-order valence-electron chi connectivity index (χ1n) is 19.2. The van der Waals surface area contributed by atoms with Gasteiger partial charge in [-0.3, -0.25) is 0 Å². The van der Waals surface area contributed by atoms with Crippen molar-refractivity contribution in [3.63, 3.8) is 0 Å². The summed E-state index contributed by atoms with van der Waals surface area (Å²) in [5.41, 5.74) is 13.7. The molecular weight excluding hydrogens is 681 g/mol. The van der Waals surface area contributed by atoms with Crippen LogP contribution in [-0.2, 0) is 5.41 Å². The molecule has 1 aliphatic carbocycles. The molecular formula is C52H36N4. The largest absolute Gasteiger partial charge is 0.309 e. The van der Waals surface area contributed by atoms with Crippen LogP contribution >= 0.6 is 0 Å². The lowest BCUT2D eigenvalue weighted by Gasteiger charge is -2.22. The Balaban J connectivity index is 1.21. The van der Waals surface area contributed by atoms with E-state index in [1.165, 1.54) is 49.3 Å². The van der Waals surface area contributed by atoms with Gasteiger partial charge < -0.3 is 4.57 Å². The Morgan fingerprint density at radius 2 is 0.982 bits per heavy atom. The molecule has 0 saturated heterocycles. The number of hydrogen-bond acceptors (Lipinski definition) is 3. The summed E-state index contributed by atoms with van der Waals surface area (Å²) >= 11 is 0. The Labute approximate surface area is 325 Å². The van der Waals surface area contributed by atoms with Crippen LogP contribution in [0, 0.1) is 0 Å². The second kappa shape index (κ2) is 12.4. The number of rotatable bonds is 5. The first kappa shape index (κ1) is 32.3. The zero-order chi connectivity index (χ0) is 37.4. The molecule has 4 heteroatoms. The third-order valence-electron chi connectivity index (χ3n) is 11.6. The molecule has 0 N–H and O–H groups in total. The van der Waals surface area contributed by atoms with E-state index >= 15 is 0 Å². The average Bonchev–Trinajstić information content (AvgIpc) is 3.70. The lowest BCUT2D eigenvalue weighted by Crippen LogP contribution is -2.15. The topological polar surface area (TPSA) is 43.6 Å². The van der Waals surface area contributed by atoms with E-state index in [9.17, 15) is 0 Å². The molecule has 0 spiro atoms. The molecule has 56 heavy (non-hydrogen) atoms. The van der Waals surface area contributed by atoms with Crippen LogP contribution in [0.25, 0.3) is 94.7 Å². The number of para-hydroxylation sites is 1. The quantitative estimate of drug-likeness (QED) is 0.178. The molecule has 0 atom stereocenters. The van der Waals surface area contributed by atoms with Crippen molar-refractivity contribution in [3.8, 4) is 62.1 Å². The van der Waals surface area contributed by atoms with E-state index in [-0.39, 0.29) is 5.41 Å². The average molecular weight is 717 g/mol. The van der Waals surface area contributed by atoms with Crippen molar-refractivity contribution in [2.24, 2.45) is 0 Å². The summed E-state index contributed by atoms with van der Waals surface area (Å²) in [7, 11) is 0. The Kier molecular flexibility index (Phi) is 7.17. The van der Waals surface area contributed by atoms with Gasteiger partial charge in [0.1, 0.15) is 0 Å². The van der Waals surface area contributed by atoms with E-state index < -0.39 is 0 Å². The van der Waals surface area contributed by atoms with Gasteiger partial charge in [-0.1, -0.05) is 166 Å². The number of nitrogens with zero attached hydrogens (tertiary/aromatic N) is 4. The van der Waals surface area contributed by atoms with E-state index in [2.05, 4.69) is 164 Å². The van der Waals surface area contributed by atoms with Crippen LogP contribution in [0.1, 0.15) is 25.0 Å². The highest BCUT2D eigenvalue weighted by Gasteiger charge is 2.36. The number of benzene rings is 8. The van der Waals surface area contributed by atoms with Gasteiger partial charge in [-0.05, 0) is 68.9 Å². The van der Waals surface area contributed by atoms with Gasteiger partial charge >= 0.3 is 0 Å². The lowest BCUT2D eigenvalue weighted by molar-refractivity contribution is 0.661. The maximum Gasteiger partial charge on any atom is 0.164 e. The van der Waals surface area contributed by atoms with Gasteiger partial charge in [-0.25, -0.2) is 15.0 Å². The minimum absolute atomic E-state index is 0.142. The van der Waals surface area contributed by atoms with E-state index in [0.717, 1.165) is 39.0 Å². The number of aromatic nitrogens is 4. The van der Waals surface area contributed by atoms with Gasteiger partial charge in [0, 0.05) is 38.4 Å². The van der Waals surface area contributed by atoms with E-state index in [1.54, 1.807) is 0 Å². The van der Waals surface area contributed by atoms with Crippen molar-refractivity contribution in [2.45, 2.75) is 19.3 Å². The summed E-state index contributed by atoms with van der Waals surface area (Å²) in [4.78, 5) is 15.3. The zero-order valence-corrected chi connectivity index (χ0v) is 31.1. The SMILES string of the molecule is CC1(C)c2ccccc2-c2cc3c4ccccc4n(-c4cc(-c5nc(-c6ccccc6)nc(-c6ccccc6)n5)ccc4-c4ccc5ccccc5c4)c3cc21. The van der Waals surface area contributed by atoms with Crippen molar-refractivity contribution in [2.75, 3.05) is 0 Å². The third-order valence-corrected chi connectivity index (χ3v) is 11.6. The lowest BCUT2D eigenvalue weighted by atomic mass is 9.82. The van der Waals surface area contributed by atoms with E-state index in [0.29, 0.717) is 17.5 Å². The molecule has 0 fully saturated rings. The van der Waals surface area contributed by atoms with Crippen molar-refractivity contribution in [1.29, 1.82) is 0 Å². The predicted octanol–water partition coefficient (Wildman–Crippen LogP) is 13.1. The normalized spacial score (nSPS) is 13.0. The highest BCUT2D eigenvalue weighted by molar-refractivity contribution is 6.12. The fraction of sp³-hybridized carbons (Fsp3) is 0.0577. The summed E-state index contributed by atoms with van der Waals surface area (Å²) in [6, 6.07) is 65.0. The predicted molar refractivity (Wildman–Crippen MR) is 231 cm³/mol. The Bertz CT molecular complexity index is 3100. The summed E-state index contributed by atoms with van der Waals surface area (Å²) in [6.07, 6.45) is 0. The van der Waals surface area contributed by atoms with Crippen LogP contribution in [0.3, 0.4) is 0 Å². The highest BCUT2D eigenvalue weighted by atomic mass is 15.0. The fourth-order valence-electron chi connectivity index (χ4n) is 8.82. The minimum atomic E-state index is -0.142. The Hall–Kier alpha value is -7.17. The maximum atomic E-state index is 5.15. The van der Waals surface area contributed by atoms with Gasteiger partial charge in [0.05, 0.1) is 16.7 Å². The molecule has 1 aliphatic rings. The molecule has 4 nitrogen and oxygen atoms in total. The van der Waals surface area contributed by atoms with Gasteiger partial charge in [0.2, 0.25) is 0 Å². The second-order valence-electron chi connectivity index (χ2n) is 15.3. The van der Waals surface area contributed by atoms with Gasteiger partial charge in [-0.2, -0.15) is 0 Å². The second-order valence-corrected chi connectivity index (χ2v) is 15.3. The van der Waals surface area contributed by atoms with Crippen LogP contribution in [0.5, 0.6) is 0 Å².